The van der Waals surface area contributed by atoms with Gasteiger partial charge in [-0.05, 0) is 42.0 Å². The number of hydrogen-bond acceptors (Lipinski definition) is 4. The normalized spacial score (nSPS) is 11.5. The van der Waals surface area contributed by atoms with Crippen LogP contribution in [0.25, 0.3) is 0 Å². The van der Waals surface area contributed by atoms with Crippen LogP contribution in [0, 0.1) is 5.82 Å². The molecule has 0 aliphatic heterocycles. The predicted molar refractivity (Wildman–Crippen MR) is 108 cm³/mol. The number of halogens is 1. The van der Waals surface area contributed by atoms with Crippen LogP contribution < -0.4 is 19.7 Å². The van der Waals surface area contributed by atoms with E-state index in [4.69, 9.17) is 9.47 Å². The number of methoxy groups -OCH3 is 2. The first-order valence-corrected chi connectivity index (χ1v) is 9.14. The Morgan fingerprint density at radius 2 is 1.69 bits per heavy atom. The van der Waals surface area contributed by atoms with E-state index in [9.17, 15) is 14.0 Å². The Kier molecular flexibility index (Phi) is 7.97. The van der Waals surface area contributed by atoms with Gasteiger partial charge in [0, 0.05) is 19.3 Å². The van der Waals surface area contributed by atoms with Gasteiger partial charge in [0.1, 0.15) is 5.82 Å². The van der Waals surface area contributed by atoms with Gasteiger partial charge in [-0.25, -0.2) is 4.39 Å². The molecule has 1 atom stereocenters. The molecule has 2 aromatic carbocycles. The van der Waals surface area contributed by atoms with Crippen molar-refractivity contribution in [1.29, 1.82) is 0 Å². The highest BCUT2D eigenvalue weighted by atomic mass is 19.1. The van der Waals surface area contributed by atoms with Gasteiger partial charge in [-0.2, -0.15) is 0 Å². The summed E-state index contributed by atoms with van der Waals surface area (Å²) in [6.07, 6.45) is 0. The van der Waals surface area contributed by atoms with Gasteiger partial charge in [0.15, 0.2) is 24.6 Å². The van der Waals surface area contributed by atoms with E-state index in [1.807, 2.05) is 12.1 Å². The largest absolute Gasteiger partial charge is 0.493 e. The molecule has 0 aliphatic rings. The molecule has 0 fully saturated rings. The SMILES string of the molecule is COc1ccc(CN(C)C(=O)C[NH+](C)CC(=O)Nc2ccc(F)cc2)cc1OC. The molecule has 1 unspecified atom stereocenters. The van der Waals surface area contributed by atoms with Gasteiger partial charge in [-0.1, -0.05) is 6.07 Å². The van der Waals surface area contributed by atoms with E-state index in [1.165, 1.54) is 24.3 Å². The molecule has 0 bridgehead atoms. The lowest BCUT2D eigenvalue weighted by Gasteiger charge is -2.20. The number of amides is 2. The first-order chi connectivity index (χ1) is 13.8. The number of anilines is 1. The zero-order valence-corrected chi connectivity index (χ0v) is 17.1. The Morgan fingerprint density at radius 1 is 1.03 bits per heavy atom. The fourth-order valence-corrected chi connectivity index (χ4v) is 2.81. The van der Waals surface area contributed by atoms with Gasteiger partial charge in [0.05, 0.1) is 21.3 Å². The standard InChI is InChI=1S/C21H26FN3O4/c1-24(13-20(26)23-17-8-6-16(22)7-9-17)14-21(27)25(2)12-15-5-10-18(28-3)19(11-15)29-4/h5-11H,12-14H2,1-4H3,(H,23,26)/p+1. The van der Waals surface area contributed by atoms with Crippen molar-refractivity contribution in [3.05, 3.63) is 53.8 Å². The highest BCUT2D eigenvalue weighted by Gasteiger charge is 2.18. The number of likely N-dealkylation sites (N-methyl/N-ethyl adjacent to an activating group) is 2. The highest BCUT2D eigenvalue weighted by Crippen LogP contribution is 2.27. The number of carbonyl (C=O) groups excluding carboxylic acids is 2. The summed E-state index contributed by atoms with van der Waals surface area (Å²) in [7, 11) is 6.61. The molecule has 0 aromatic heterocycles. The zero-order chi connectivity index (χ0) is 21.4. The first kappa shape index (κ1) is 22.2. The molecule has 156 valence electrons. The number of benzene rings is 2. The Labute approximate surface area is 170 Å². The second-order valence-corrected chi connectivity index (χ2v) is 6.80. The van der Waals surface area contributed by atoms with Gasteiger partial charge in [0.25, 0.3) is 11.8 Å². The second-order valence-electron chi connectivity index (χ2n) is 6.80. The number of hydrogen-bond donors (Lipinski definition) is 2. The molecule has 0 heterocycles. The van der Waals surface area contributed by atoms with Crippen molar-refractivity contribution >= 4 is 17.5 Å². The maximum atomic E-state index is 12.9. The van der Waals surface area contributed by atoms with Gasteiger partial charge in [-0.15, -0.1) is 0 Å². The van der Waals surface area contributed by atoms with Crippen LogP contribution in [0.5, 0.6) is 11.5 Å². The lowest BCUT2D eigenvalue weighted by Crippen LogP contribution is -3.11. The van der Waals surface area contributed by atoms with Gasteiger partial charge < -0.3 is 24.6 Å². The molecule has 2 aromatic rings. The summed E-state index contributed by atoms with van der Waals surface area (Å²) in [6.45, 7) is 0.697. The topological polar surface area (TPSA) is 72.3 Å². The summed E-state index contributed by atoms with van der Waals surface area (Å²) in [5.41, 5.74) is 1.42. The first-order valence-electron chi connectivity index (χ1n) is 9.14. The van der Waals surface area contributed by atoms with E-state index in [0.717, 1.165) is 10.5 Å². The fourth-order valence-electron chi connectivity index (χ4n) is 2.81. The number of carbonyl (C=O) groups is 2. The van der Waals surface area contributed by atoms with Crippen LogP contribution in [0.3, 0.4) is 0 Å². The minimum Gasteiger partial charge on any atom is -0.493 e. The van der Waals surface area contributed by atoms with Gasteiger partial charge >= 0.3 is 0 Å². The van der Waals surface area contributed by atoms with E-state index in [1.54, 1.807) is 39.3 Å². The third-order valence-corrected chi connectivity index (χ3v) is 4.34. The summed E-state index contributed by atoms with van der Waals surface area (Å²) in [5, 5.41) is 2.69. The maximum Gasteiger partial charge on any atom is 0.279 e. The fraction of sp³-hybridized carbons (Fsp3) is 0.333. The predicted octanol–water partition coefficient (Wildman–Crippen LogP) is 0.955. The van der Waals surface area contributed by atoms with E-state index in [0.29, 0.717) is 23.7 Å². The summed E-state index contributed by atoms with van der Waals surface area (Å²) in [5.74, 6) is 0.526. The molecule has 7 nitrogen and oxygen atoms in total. The van der Waals surface area contributed by atoms with Crippen molar-refractivity contribution < 1.29 is 28.4 Å². The lowest BCUT2D eigenvalue weighted by atomic mass is 10.2. The molecule has 0 aliphatic carbocycles. The van der Waals surface area contributed by atoms with Crippen LogP contribution in [-0.2, 0) is 16.1 Å². The highest BCUT2D eigenvalue weighted by molar-refractivity contribution is 5.91. The van der Waals surface area contributed by atoms with Crippen molar-refractivity contribution in [2.45, 2.75) is 6.54 Å². The van der Waals surface area contributed by atoms with Crippen LogP contribution in [-0.4, -0.2) is 58.1 Å². The monoisotopic (exact) mass is 404 g/mol. The van der Waals surface area contributed by atoms with Crippen LogP contribution in [0.15, 0.2) is 42.5 Å². The summed E-state index contributed by atoms with van der Waals surface area (Å²) >= 11 is 0. The quantitative estimate of drug-likeness (QED) is 0.653. The molecular formula is C21H27FN3O4+. The molecule has 0 saturated carbocycles. The van der Waals surface area contributed by atoms with Crippen LogP contribution in [0.2, 0.25) is 0 Å². The van der Waals surface area contributed by atoms with E-state index >= 15 is 0 Å². The summed E-state index contributed by atoms with van der Waals surface area (Å²) in [6, 6.07) is 11.0. The lowest BCUT2D eigenvalue weighted by molar-refractivity contribution is -0.862. The third-order valence-electron chi connectivity index (χ3n) is 4.34. The minimum absolute atomic E-state index is 0.0909. The molecule has 8 heteroatoms. The minimum atomic E-state index is -0.367. The zero-order valence-electron chi connectivity index (χ0n) is 17.1. The Hall–Kier alpha value is -3.13. The molecule has 0 radical (unpaired) electrons. The number of rotatable bonds is 9. The van der Waals surface area contributed by atoms with Crippen molar-refractivity contribution in [2.24, 2.45) is 0 Å². The molecular weight excluding hydrogens is 377 g/mol. The van der Waals surface area contributed by atoms with E-state index in [2.05, 4.69) is 5.32 Å². The second kappa shape index (κ2) is 10.4. The Morgan fingerprint density at radius 3 is 2.31 bits per heavy atom. The Bertz CT molecular complexity index is 842. The van der Waals surface area contributed by atoms with E-state index in [-0.39, 0.29) is 30.7 Å². The number of nitrogens with one attached hydrogen (secondary N) is 2. The average Bonchev–Trinajstić information content (AvgIpc) is 2.69. The summed E-state index contributed by atoms with van der Waals surface area (Å²) < 4.78 is 23.4. The van der Waals surface area contributed by atoms with Crippen LogP contribution in [0.4, 0.5) is 10.1 Å². The molecule has 0 saturated heterocycles. The van der Waals surface area contributed by atoms with Crippen LogP contribution in [0.1, 0.15) is 5.56 Å². The van der Waals surface area contributed by atoms with Gasteiger partial charge in [0.2, 0.25) is 0 Å². The number of ether oxygens (including phenoxy) is 2. The summed E-state index contributed by atoms with van der Waals surface area (Å²) in [4.78, 5) is 26.9. The van der Waals surface area contributed by atoms with E-state index < -0.39 is 0 Å². The molecule has 2 rings (SSSR count). The van der Waals surface area contributed by atoms with Gasteiger partial charge in [-0.3, -0.25) is 9.59 Å². The van der Waals surface area contributed by atoms with Crippen molar-refractivity contribution in [2.75, 3.05) is 46.7 Å². The maximum absolute atomic E-state index is 12.9. The molecule has 29 heavy (non-hydrogen) atoms. The van der Waals surface area contributed by atoms with Crippen molar-refractivity contribution in [3.63, 3.8) is 0 Å². The molecule has 2 N–H and O–H groups in total. The smallest absolute Gasteiger partial charge is 0.279 e. The average molecular weight is 404 g/mol. The van der Waals surface area contributed by atoms with Crippen LogP contribution >= 0.6 is 0 Å². The molecule has 2 amide bonds. The Balaban J connectivity index is 1.85. The number of quaternary nitrogens is 1. The number of nitrogens with zero attached hydrogens (tertiary/aromatic N) is 1. The van der Waals surface area contributed by atoms with Crippen molar-refractivity contribution in [3.8, 4) is 11.5 Å². The van der Waals surface area contributed by atoms with Crippen molar-refractivity contribution in [1.82, 2.24) is 4.90 Å². The third kappa shape index (κ3) is 6.76. The molecule has 0 spiro atoms.